The molecule has 0 saturated heterocycles. The molecule has 0 aliphatic rings. The molecular formula is C9H9F11O. The molecule has 0 heterocycles. The molecule has 21 heavy (non-hydrogen) atoms. The summed E-state index contributed by atoms with van der Waals surface area (Å²) in [6.07, 6.45) is -9.64. The van der Waals surface area contributed by atoms with Crippen LogP contribution in [0.5, 0.6) is 0 Å². The van der Waals surface area contributed by atoms with Gasteiger partial charge in [0.15, 0.2) is 0 Å². The van der Waals surface area contributed by atoms with E-state index in [1.165, 1.54) is 0 Å². The highest BCUT2D eigenvalue weighted by Gasteiger charge is 2.87. The van der Waals surface area contributed by atoms with E-state index in [-0.39, 0.29) is 0 Å². The summed E-state index contributed by atoms with van der Waals surface area (Å²) in [5.41, 5.74) is -2.73. The van der Waals surface area contributed by atoms with Gasteiger partial charge in [-0.25, -0.2) is 0 Å². The van der Waals surface area contributed by atoms with Crippen molar-refractivity contribution in [2.24, 2.45) is 0 Å². The Balaban J connectivity index is 5.89. The molecule has 0 aromatic heterocycles. The molecule has 0 spiro atoms. The van der Waals surface area contributed by atoms with Crippen LogP contribution in [0.25, 0.3) is 0 Å². The number of halogens is 11. The summed E-state index contributed by atoms with van der Waals surface area (Å²) >= 11 is 0. The first-order valence-corrected chi connectivity index (χ1v) is 5.01. The molecule has 0 amide bonds. The van der Waals surface area contributed by atoms with Crippen molar-refractivity contribution >= 4 is 0 Å². The third kappa shape index (κ3) is 3.34. The summed E-state index contributed by atoms with van der Waals surface area (Å²) in [5.74, 6) is -27.9. The van der Waals surface area contributed by atoms with Gasteiger partial charge >= 0.3 is 29.9 Å². The standard InChI is InChI=1S/C9H9F11O/c1-4(2,21)3-5(10,11)6(12,13)7(14,15)8(16,17)9(18,19)20/h21H,3H2,1-2H3. The van der Waals surface area contributed by atoms with Crippen LogP contribution < -0.4 is 0 Å². The second-order valence-electron chi connectivity index (χ2n) is 4.91. The van der Waals surface area contributed by atoms with Crippen molar-refractivity contribution in [2.45, 2.75) is 55.7 Å². The number of alkyl halides is 11. The van der Waals surface area contributed by atoms with Crippen LogP contribution in [0.15, 0.2) is 0 Å². The van der Waals surface area contributed by atoms with Gasteiger partial charge in [0.2, 0.25) is 0 Å². The zero-order valence-corrected chi connectivity index (χ0v) is 10.3. The van der Waals surface area contributed by atoms with Gasteiger partial charge in [0.1, 0.15) is 0 Å². The fourth-order valence-corrected chi connectivity index (χ4v) is 1.26. The van der Waals surface area contributed by atoms with Crippen molar-refractivity contribution in [3.63, 3.8) is 0 Å². The lowest BCUT2D eigenvalue weighted by molar-refractivity contribution is -0.424. The summed E-state index contributed by atoms with van der Waals surface area (Å²) < 4.78 is 137. The van der Waals surface area contributed by atoms with Gasteiger partial charge in [0.25, 0.3) is 0 Å². The van der Waals surface area contributed by atoms with E-state index in [9.17, 15) is 48.3 Å². The summed E-state index contributed by atoms with van der Waals surface area (Å²) in [4.78, 5) is 0. The van der Waals surface area contributed by atoms with Crippen molar-refractivity contribution < 1.29 is 53.4 Å². The third-order valence-electron chi connectivity index (χ3n) is 2.26. The minimum atomic E-state index is -7.42. The first kappa shape index (κ1) is 20.2. The maximum Gasteiger partial charge on any atom is 0.460 e. The first-order valence-electron chi connectivity index (χ1n) is 5.01. The maximum atomic E-state index is 13.0. The monoisotopic (exact) mass is 342 g/mol. The average Bonchev–Trinajstić information content (AvgIpc) is 2.10. The van der Waals surface area contributed by atoms with E-state index < -0.39 is 41.9 Å². The number of hydrogen-bond donors (Lipinski definition) is 1. The maximum absolute atomic E-state index is 13.0. The van der Waals surface area contributed by atoms with Gasteiger partial charge in [0, 0.05) is 6.42 Å². The van der Waals surface area contributed by atoms with E-state index in [2.05, 4.69) is 0 Å². The predicted octanol–water partition coefficient (Wildman–Crippen LogP) is 4.25. The lowest BCUT2D eigenvalue weighted by Crippen LogP contribution is -2.67. The van der Waals surface area contributed by atoms with Gasteiger partial charge in [-0.2, -0.15) is 48.3 Å². The number of rotatable bonds is 5. The van der Waals surface area contributed by atoms with Gasteiger partial charge in [0.05, 0.1) is 5.60 Å². The Bertz CT molecular complexity index is 376. The summed E-state index contributed by atoms with van der Waals surface area (Å²) in [6, 6.07) is 0. The number of hydrogen-bond acceptors (Lipinski definition) is 1. The highest BCUT2D eigenvalue weighted by atomic mass is 19.4. The fourth-order valence-electron chi connectivity index (χ4n) is 1.26. The molecule has 0 aromatic rings. The molecule has 0 radical (unpaired) electrons. The highest BCUT2D eigenvalue weighted by molar-refractivity contribution is 5.07. The highest BCUT2D eigenvalue weighted by Crippen LogP contribution is 2.58. The Morgan fingerprint density at radius 3 is 1.19 bits per heavy atom. The molecule has 0 saturated carbocycles. The molecule has 12 heteroatoms. The Kier molecular flexibility index (Phi) is 4.66. The van der Waals surface area contributed by atoms with E-state index in [1.807, 2.05) is 0 Å². The lowest BCUT2D eigenvalue weighted by Gasteiger charge is -2.38. The van der Waals surface area contributed by atoms with E-state index in [4.69, 9.17) is 5.11 Å². The van der Waals surface area contributed by atoms with Crippen LogP contribution in [0.2, 0.25) is 0 Å². The molecule has 0 rings (SSSR count). The Morgan fingerprint density at radius 2 is 0.952 bits per heavy atom. The first-order chi connectivity index (χ1) is 8.71. The van der Waals surface area contributed by atoms with Crippen LogP contribution in [0.1, 0.15) is 20.3 Å². The minimum Gasteiger partial charge on any atom is -0.390 e. The van der Waals surface area contributed by atoms with Crippen molar-refractivity contribution in [3.8, 4) is 0 Å². The van der Waals surface area contributed by atoms with Crippen LogP contribution in [0.4, 0.5) is 48.3 Å². The lowest BCUT2D eigenvalue weighted by atomic mass is 9.90. The quantitative estimate of drug-likeness (QED) is 0.741. The molecule has 0 bridgehead atoms. The van der Waals surface area contributed by atoms with E-state index in [0.717, 1.165) is 0 Å². The fraction of sp³-hybridized carbons (Fsp3) is 1.00. The normalized spacial score (nSPS) is 16.3. The number of aliphatic hydroxyl groups is 1. The van der Waals surface area contributed by atoms with Crippen molar-refractivity contribution in [2.75, 3.05) is 0 Å². The molecule has 1 N–H and O–H groups in total. The molecule has 0 aliphatic carbocycles. The van der Waals surface area contributed by atoms with E-state index in [1.54, 1.807) is 0 Å². The van der Waals surface area contributed by atoms with Crippen molar-refractivity contribution in [1.29, 1.82) is 0 Å². The second-order valence-corrected chi connectivity index (χ2v) is 4.91. The largest absolute Gasteiger partial charge is 0.460 e. The molecule has 0 aromatic carbocycles. The van der Waals surface area contributed by atoms with Crippen LogP contribution in [0.3, 0.4) is 0 Å². The Hall–Kier alpha value is -0.810. The topological polar surface area (TPSA) is 20.2 Å². The van der Waals surface area contributed by atoms with Gasteiger partial charge in [-0.15, -0.1) is 0 Å². The second kappa shape index (κ2) is 4.85. The van der Waals surface area contributed by atoms with Crippen LogP contribution in [0, 0.1) is 0 Å². The molecule has 128 valence electrons. The molecule has 0 unspecified atom stereocenters. The zero-order valence-electron chi connectivity index (χ0n) is 10.3. The van der Waals surface area contributed by atoms with Crippen molar-refractivity contribution in [1.82, 2.24) is 0 Å². The van der Waals surface area contributed by atoms with Gasteiger partial charge < -0.3 is 5.11 Å². The predicted molar refractivity (Wildman–Crippen MR) is 46.8 cm³/mol. The van der Waals surface area contributed by atoms with E-state index in [0.29, 0.717) is 13.8 Å². The molecule has 0 aliphatic heterocycles. The summed E-state index contributed by atoms with van der Waals surface area (Å²) in [5, 5.41) is 8.88. The van der Waals surface area contributed by atoms with Gasteiger partial charge in [-0.3, -0.25) is 0 Å². The van der Waals surface area contributed by atoms with Gasteiger partial charge in [-0.1, -0.05) is 0 Å². The SMILES string of the molecule is CC(C)(O)CC(F)(F)C(F)(F)C(F)(F)C(F)(F)C(F)(F)F. The Labute approximate surface area is 110 Å². The smallest absolute Gasteiger partial charge is 0.390 e. The molecule has 0 fully saturated rings. The third-order valence-corrected chi connectivity index (χ3v) is 2.26. The molecule has 1 nitrogen and oxygen atoms in total. The van der Waals surface area contributed by atoms with Crippen LogP contribution in [-0.4, -0.2) is 40.6 Å². The summed E-state index contributed by atoms with van der Waals surface area (Å²) in [6.45, 7) is 0.911. The van der Waals surface area contributed by atoms with Crippen LogP contribution in [-0.2, 0) is 0 Å². The zero-order chi connectivity index (χ0) is 17.7. The van der Waals surface area contributed by atoms with E-state index >= 15 is 0 Å². The van der Waals surface area contributed by atoms with Crippen LogP contribution >= 0.6 is 0 Å². The van der Waals surface area contributed by atoms with Crippen molar-refractivity contribution in [3.05, 3.63) is 0 Å². The van der Waals surface area contributed by atoms with Gasteiger partial charge in [-0.05, 0) is 13.8 Å². The minimum absolute atomic E-state index is 0.455. The average molecular weight is 342 g/mol. The molecule has 0 atom stereocenters. The molecular weight excluding hydrogens is 333 g/mol. The summed E-state index contributed by atoms with van der Waals surface area (Å²) in [7, 11) is 0. The Morgan fingerprint density at radius 1 is 0.619 bits per heavy atom.